The summed E-state index contributed by atoms with van der Waals surface area (Å²) in [6, 6.07) is 0.273. The zero-order valence-corrected chi connectivity index (χ0v) is 6.97. The van der Waals surface area contributed by atoms with Crippen molar-refractivity contribution in [3.05, 3.63) is 0 Å². The van der Waals surface area contributed by atoms with Crippen LogP contribution in [-0.4, -0.2) is 32.2 Å². The Kier molecular flexibility index (Phi) is 3.41. The number of nitrogens with one attached hydrogen (secondary N) is 1. The molecular formula is C5H12N3O2S-. The van der Waals surface area contributed by atoms with Crippen molar-refractivity contribution >= 4 is 11.3 Å². The predicted molar refractivity (Wildman–Crippen MR) is 40.8 cm³/mol. The minimum atomic E-state index is -2.05. The molecule has 66 valence electrons. The normalized spacial score (nSPS) is 25.3. The fraction of sp³-hybridized carbons (Fsp3) is 1.00. The third-order valence-corrected chi connectivity index (χ3v) is 2.69. The van der Waals surface area contributed by atoms with E-state index in [2.05, 4.69) is 5.43 Å². The summed E-state index contributed by atoms with van der Waals surface area (Å²) in [5.41, 5.74) is 2.64. The quantitative estimate of drug-likeness (QED) is 0.313. The van der Waals surface area contributed by atoms with Crippen LogP contribution in [0.5, 0.6) is 0 Å². The molecule has 0 radical (unpaired) electrons. The average molecular weight is 178 g/mol. The molecule has 1 aliphatic heterocycles. The van der Waals surface area contributed by atoms with E-state index in [1.165, 1.54) is 4.31 Å². The maximum atomic E-state index is 10.4. The lowest BCUT2D eigenvalue weighted by molar-refractivity contribution is 0.284. The number of nitrogens with two attached hydrogens (primary N) is 1. The highest BCUT2D eigenvalue weighted by Gasteiger charge is 2.17. The Labute approximate surface area is 68.3 Å². The van der Waals surface area contributed by atoms with Gasteiger partial charge in [-0.2, -0.15) is 0 Å². The van der Waals surface area contributed by atoms with E-state index < -0.39 is 11.3 Å². The number of rotatable bonds is 2. The minimum Gasteiger partial charge on any atom is -0.760 e. The van der Waals surface area contributed by atoms with Crippen LogP contribution in [-0.2, 0) is 11.3 Å². The smallest absolute Gasteiger partial charge is 0.0235 e. The zero-order valence-electron chi connectivity index (χ0n) is 6.16. The number of nitrogens with zero attached hydrogens (tertiary/aromatic N) is 1. The second-order valence-corrected chi connectivity index (χ2v) is 3.54. The number of piperidine rings is 1. The summed E-state index contributed by atoms with van der Waals surface area (Å²) in [5, 5.41) is 0. The SMILES string of the molecule is NNC1CCN(S(=O)[O-])CC1. The van der Waals surface area contributed by atoms with Gasteiger partial charge in [0.25, 0.3) is 0 Å². The summed E-state index contributed by atoms with van der Waals surface area (Å²) in [4.78, 5) is 0. The molecule has 0 amide bonds. The zero-order chi connectivity index (χ0) is 8.27. The highest BCUT2D eigenvalue weighted by Crippen LogP contribution is 2.09. The van der Waals surface area contributed by atoms with Gasteiger partial charge >= 0.3 is 0 Å². The van der Waals surface area contributed by atoms with Gasteiger partial charge in [-0.3, -0.25) is 15.5 Å². The number of hydrogen-bond acceptors (Lipinski definition) is 4. The van der Waals surface area contributed by atoms with Crippen molar-refractivity contribution in [1.29, 1.82) is 0 Å². The Balaban J connectivity index is 2.30. The lowest BCUT2D eigenvalue weighted by atomic mass is 10.1. The summed E-state index contributed by atoms with van der Waals surface area (Å²) in [6.45, 7) is 1.15. The average Bonchev–Trinajstić information content (AvgIpc) is 2.05. The second kappa shape index (κ2) is 4.13. The molecule has 5 nitrogen and oxygen atoms in total. The van der Waals surface area contributed by atoms with Gasteiger partial charge in [0.2, 0.25) is 0 Å². The second-order valence-electron chi connectivity index (χ2n) is 2.59. The molecule has 0 bridgehead atoms. The lowest BCUT2D eigenvalue weighted by Gasteiger charge is -2.32. The van der Waals surface area contributed by atoms with Gasteiger partial charge in [-0.25, -0.2) is 4.31 Å². The van der Waals surface area contributed by atoms with Crippen LogP contribution in [0.1, 0.15) is 12.8 Å². The van der Waals surface area contributed by atoms with Crippen molar-refractivity contribution in [2.75, 3.05) is 13.1 Å². The van der Waals surface area contributed by atoms with Crippen LogP contribution < -0.4 is 11.3 Å². The molecule has 0 aliphatic carbocycles. The van der Waals surface area contributed by atoms with Gasteiger partial charge in [-0.15, -0.1) is 0 Å². The molecule has 1 atom stereocenters. The van der Waals surface area contributed by atoms with Crippen molar-refractivity contribution < 1.29 is 8.76 Å². The van der Waals surface area contributed by atoms with E-state index in [0.29, 0.717) is 13.1 Å². The van der Waals surface area contributed by atoms with E-state index in [4.69, 9.17) is 5.84 Å². The molecule has 0 saturated carbocycles. The number of hydrazine groups is 1. The standard InChI is InChI=1S/C5H13N3O2S/c6-7-5-1-3-8(4-2-5)11(9)10/h5,7H,1-4,6H2,(H,9,10)/p-1. The molecule has 11 heavy (non-hydrogen) atoms. The maximum Gasteiger partial charge on any atom is 0.0235 e. The molecular weight excluding hydrogens is 166 g/mol. The highest BCUT2D eigenvalue weighted by atomic mass is 32.2. The molecule has 3 N–H and O–H groups in total. The van der Waals surface area contributed by atoms with Crippen molar-refractivity contribution in [2.45, 2.75) is 18.9 Å². The van der Waals surface area contributed by atoms with Gasteiger partial charge in [0.1, 0.15) is 0 Å². The molecule has 6 heteroatoms. The monoisotopic (exact) mass is 178 g/mol. The Morgan fingerprint density at radius 3 is 2.45 bits per heavy atom. The van der Waals surface area contributed by atoms with Gasteiger partial charge in [-0.1, -0.05) is 0 Å². The van der Waals surface area contributed by atoms with Gasteiger partial charge in [0, 0.05) is 30.4 Å². The third-order valence-electron chi connectivity index (χ3n) is 1.90. The summed E-state index contributed by atoms with van der Waals surface area (Å²) < 4.78 is 22.3. The van der Waals surface area contributed by atoms with Crippen LogP contribution in [0.25, 0.3) is 0 Å². The first kappa shape index (κ1) is 9.08. The fourth-order valence-electron chi connectivity index (χ4n) is 1.17. The van der Waals surface area contributed by atoms with Crippen molar-refractivity contribution in [1.82, 2.24) is 9.73 Å². The first-order valence-corrected chi connectivity index (χ1v) is 4.57. The Bertz CT molecular complexity index is 147. The Hall–Kier alpha value is -0.0100. The highest BCUT2D eigenvalue weighted by molar-refractivity contribution is 7.76. The van der Waals surface area contributed by atoms with Crippen LogP contribution >= 0.6 is 0 Å². The largest absolute Gasteiger partial charge is 0.760 e. The molecule has 1 heterocycles. The maximum absolute atomic E-state index is 10.4. The molecule has 1 aliphatic rings. The Morgan fingerprint density at radius 1 is 1.55 bits per heavy atom. The van der Waals surface area contributed by atoms with Gasteiger partial charge in [0.15, 0.2) is 0 Å². The molecule has 1 rings (SSSR count). The summed E-state index contributed by atoms with van der Waals surface area (Å²) >= 11 is -2.05. The first-order chi connectivity index (χ1) is 5.24. The summed E-state index contributed by atoms with van der Waals surface area (Å²) in [5.74, 6) is 5.20. The number of hydrogen-bond donors (Lipinski definition) is 2. The van der Waals surface area contributed by atoms with Gasteiger partial charge in [0.05, 0.1) is 0 Å². The van der Waals surface area contributed by atoms with E-state index in [-0.39, 0.29) is 6.04 Å². The molecule has 1 fully saturated rings. The van der Waals surface area contributed by atoms with Gasteiger partial charge < -0.3 is 4.55 Å². The first-order valence-electron chi connectivity index (χ1n) is 3.54. The fourth-order valence-corrected chi connectivity index (χ4v) is 1.68. The van der Waals surface area contributed by atoms with Crippen LogP contribution in [0.15, 0.2) is 0 Å². The van der Waals surface area contributed by atoms with Crippen LogP contribution in [0.2, 0.25) is 0 Å². The van der Waals surface area contributed by atoms with Crippen LogP contribution in [0.4, 0.5) is 0 Å². The molecule has 0 aromatic heterocycles. The van der Waals surface area contributed by atoms with Crippen LogP contribution in [0, 0.1) is 0 Å². The van der Waals surface area contributed by atoms with E-state index in [1.807, 2.05) is 0 Å². The molecule has 0 spiro atoms. The van der Waals surface area contributed by atoms with E-state index in [1.54, 1.807) is 0 Å². The van der Waals surface area contributed by atoms with E-state index >= 15 is 0 Å². The minimum absolute atomic E-state index is 0.273. The van der Waals surface area contributed by atoms with Crippen molar-refractivity contribution in [2.24, 2.45) is 5.84 Å². The molecule has 0 aromatic rings. The topological polar surface area (TPSA) is 81.4 Å². The lowest BCUT2D eigenvalue weighted by Crippen LogP contribution is -2.45. The Morgan fingerprint density at radius 2 is 2.09 bits per heavy atom. The third kappa shape index (κ3) is 2.49. The predicted octanol–water partition coefficient (Wildman–Crippen LogP) is -1.29. The molecule has 1 saturated heterocycles. The van der Waals surface area contributed by atoms with E-state index in [0.717, 1.165) is 12.8 Å². The van der Waals surface area contributed by atoms with Crippen LogP contribution in [0.3, 0.4) is 0 Å². The van der Waals surface area contributed by atoms with Crippen molar-refractivity contribution in [3.8, 4) is 0 Å². The van der Waals surface area contributed by atoms with Gasteiger partial charge in [-0.05, 0) is 12.8 Å². The summed E-state index contributed by atoms with van der Waals surface area (Å²) in [6.07, 6.45) is 1.59. The molecule has 0 aromatic carbocycles. The van der Waals surface area contributed by atoms with Crippen molar-refractivity contribution in [3.63, 3.8) is 0 Å². The van der Waals surface area contributed by atoms with E-state index in [9.17, 15) is 8.76 Å². The summed E-state index contributed by atoms with van der Waals surface area (Å²) in [7, 11) is 0. The molecule has 1 unspecified atom stereocenters.